The van der Waals surface area contributed by atoms with Crippen molar-refractivity contribution < 1.29 is 23.0 Å². The highest BCUT2D eigenvalue weighted by molar-refractivity contribution is 7.92. The monoisotopic (exact) mass is 591 g/mol. The lowest BCUT2D eigenvalue weighted by Crippen LogP contribution is -2.45. The molecule has 0 amide bonds. The van der Waals surface area contributed by atoms with Crippen LogP contribution in [0, 0.1) is 0 Å². The summed E-state index contributed by atoms with van der Waals surface area (Å²) in [5.74, 6) is 0. The molecule has 224 valence electrons. The molecule has 3 aliphatic heterocycles. The van der Waals surface area contributed by atoms with Crippen LogP contribution in [0.5, 0.6) is 0 Å². The number of hydrogen-bond acceptors (Lipinski definition) is 7. The molecule has 0 radical (unpaired) electrons. The first-order valence-corrected chi connectivity index (χ1v) is 16.6. The number of ether oxygens (including phenoxy) is 2. The van der Waals surface area contributed by atoms with Crippen LogP contribution in [0.4, 0.5) is 5.69 Å². The van der Waals surface area contributed by atoms with Crippen molar-refractivity contribution in [3.05, 3.63) is 95.6 Å². The molecule has 0 bridgehead atoms. The summed E-state index contributed by atoms with van der Waals surface area (Å²) in [5, 5.41) is 9.51. The number of nitrogens with zero attached hydrogens (tertiary/aromatic N) is 2. The van der Waals surface area contributed by atoms with E-state index in [4.69, 9.17) is 9.47 Å². The normalized spacial score (nSPS) is 25.5. The van der Waals surface area contributed by atoms with Gasteiger partial charge in [-0.25, -0.2) is 8.42 Å². The molecule has 0 aliphatic carbocycles. The summed E-state index contributed by atoms with van der Waals surface area (Å²) in [5.41, 5.74) is 3.25. The van der Waals surface area contributed by atoms with E-state index in [2.05, 4.69) is 14.5 Å². The molecule has 3 saturated heterocycles. The maximum absolute atomic E-state index is 12.8. The van der Waals surface area contributed by atoms with Gasteiger partial charge in [0.1, 0.15) is 0 Å². The number of benzene rings is 3. The van der Waals surface area contributed by atoms with Crippen molar-refractivity contribution in [2.24, 2.45) is 0 Å². The standard InChI is InChI=1S/C33H41N3O5S/c37-24-25-10-12-26(13-11-25)32-21-30(23-36-20-6-7-29(36)22-35-18-4-5-19-35)40-33(41-32)27-14-16-28(17-15-27)34-42(38,39)31-8-2-1-3-9-31/h1-3,8-17,29-30,32-34,37H,4-7,18-24H2/t29-,30-,32+,33+/m0/s1. The van der Waals surface area contributed by atoms with E-state index in [1.165, 1.54) is 38.8 Å². The molecule has 0 saturated carbocycles. The van der Waals surface area contributed by atoms with Crippen LogP contribution in [-0.2, 0) is 26.1 Å². The number of sulfonamides is 1. The lowest BCUT2D eigenvalue weighted by atomic mass is 9.99. The second-order valence-electron chi connectivity index (χ2n) is 11.7. The highest BCUT2D eigenvalue weighted by Gasteiger charge is 2.36. The van der Waals surface area contributed by atoms with E-state index in [-0.39, 0.29) is 23.7 Å². The van der Waals surface area contributed by atoms with Crippen LogP contribution in [0.25, 0.3) is 0 Å². The molecule has 6 rings (SSSR count). The molecule has 42 heavy (non-hydrogen) atoms. The summed E-state index contributed by atoms with van der Waals surface area (Å²) in [6.07, 6.45) is 5.07. The molecular formula is C33H41N3O5S. The van der Waals surface area contributed by atoms with Crippen LogP contribution in [-0.4, -0.2) is 68.2 Å². The summed E-state index contributed by atoms with van der Waals surface area (Å²) in [7, 11) is -3.68. The van der Waals surface area contributed by atoms with Crippen LogP contribution in [0.1, 0.15) is 61.2 Å². The van der Waals surface area contributed by atoms with Crippen molar-refractivity contribution >= 4 is 15.7 Å². The van der Waals surface area contributed by atoms with E-state index < -0.39 is 16.3 Å². The molecule has 3 heterocycles. The Hall–Kier alpha value is -2.79. The smallest absolute Gasteiger partial charge is 0.261 e. The molecule has 8 nitrogen and oxygen atoms in total. The lowest BCUT2D eigenvalue weighted by Gasteiger charge is -2.39. The van der Waals surface area contributed by atoms with E-state index >= 15 is 0 Å². The van der Waals surface area contributed by atoms with Gasteiger partial charge in [0, 0.05) is 36.8 Å². The first-order chi connectivity index (χ1) is 20.5. The first kappa shape index (κ1) is 29.3. The van der Waals surface area contributed by atoms with Gasteiger partial charge in [-0.3, -0.25) is 9.62 Å². The SMILES string of the molecule is O=S(=O)(Nc1ccc([C@@H]2O[C@H](CN3CCC[C@H]3CN3CCCC3)C[C@H](c3ccc(CO)cc3)O2)cc1)c1ccccc1. The predicted molar refractivity (Wildman–Crippen MR) is 162 cm³/mol. The van der Waals surface area contributed by atoms with Crippen LogP contribution in [0.2, 0.25) is 0 Å². The molecule has 0 aromatic heterocycles. The van der Waals surface area contributed by atoms with Gasteiger partial charge in [-0.15, -0.1) is 0 Å². The highest BCUT2D eigenvalue weighted by atomic mass is 32.2. The minimum absolute atomic E-state index is 0.00784. The Labute approximate surface area is 249 Å². The van der Waals surface area contributed by atoms with Gasteiger partial charge >= 0.3 is 0 Å². The quantitative estimate of drug-likeness (QED) is 0.340. The minimum Gasteiger partial charge on any atom is -0.392 e. The molecule has 3 aromatic carbocycles. The molecule has 3 fully saturated rings. The van der Waals surface area contributed by atoms with Crippen LogP contribution >= 0.6 is 0 Å². The lowest BCUT2D eigenvalue weighted by molar-refractivity contribution is -0.253. The molecule has 0 unspecified atom stereocenters. The average Bonchev–Trinajstić information content (AvgIpc) is 3.70. The van der Waals surface area contributed by atoms with Crippen molar-refractivity contribution in [3.63, 3.8) is 0 Å². The number of aliphatic hydroxyl groups excluding tert-OH is 1. The number of likely N-dealkylation sites (tertiary alicyclic amines) is 2. The number of nitrogens with one attached hydrogen (secondary N) is 1. The number of rotatable bonds is 10. The third-order valence-electron chi connectivity index (χ3n) is 8.71. The molecular weight excluding hydrogens is 550 g/mol. The Morgan fingerprint density at radius 3 is 2.24 bits per heavy atom. The second-order valence-corrected chi connectivity index (χ2v) is 13.4. The fraction of sp³-hybridized carbons (Fsp3) is 0.455. The topological polar surface area (TPSA) is 91.3 Å². The Kier molecular flexibility index (Phi) is 9.23. The Morgan fingerprint density at radius 1 is 0.810 bits per heavy atom. The molecule has 0 spiro atoms. The van der Waals surface area contributed by atoms with E-state index in [1.807, 2.05) is 36.4 Å². The van der Waals surface area contributed by atoms with E-state index in [0.29, 0.717) is 11.7 Å². The van der Waals surface area contributed by atoms with Gasteiger partial charge in [-0.1, -0.05) is 54.6 Å². The van der Waals surface area contributed by atoms with Gasteiger partial charge < -0.3 is 19.5 Å². The minimum atomic E-state index is -3.68. The second kappa shape index (κ2) is 13.2. The third kappa shape index (κ3) is 7.05. The average molecular weight is 592 g/mol. The zero-order valence-electron chi connectivity index (χ0n) is 24.0. The zero-order valence-corrected chi connectivity index (χ0v) is 24.8. The molecule has 2 N–H and O–H groups in total. The summed E-state index contributed by atoms with van der Waals surface area (Å²) in [6, 6.07) is 24.1. The van der Waals surface area contributed by atoms with E-state index in [0.717, 1.165) is 42.7 Å². The molecule has 3 aromatic rings. The molecule has 4 atom stereocenters. The van der Waals surface area contributed by atoms with Crippen molar-refractivity contribution in [3.8, 4) is 0 Å². The van der Waals surface area contributed by atoms with Gasteiger partial charge in [0.15, 0.2) is 6.29 Å². The summed E-state index contributed by atoms with van der Waals surface area (Å²) in [4.78, 5) is 5.44. The fourth-order valence-electron chi connectivity index (χ4n) is 6.42. The Morgan fingerprint density at radius 2 is 1.52 bits per heavy atom. The van der Waals surface area contributed by atoms with Crippen molar-refractivity contribution in [1.29, 1.82) is 0 Å². The number of anilines is 1. The van der Waals surface area contributed by atoms with Crippen LogP contribution in [0.3, 0.4) is 0 Å². The van der Waals surface area contributed by atoms with Gasteiger partial charge in [0.05, 0.1) is 23.7 Å². The maximum atomic E-state index is 12.8. The number of hydrogen-bond donors (Lipinski definition) is 2. The Balaban J connectivity index is 1.18. The van der Waals surface area contributed by atoms with Crippen LogP contribution < -0.4 is 4.72 Å². The largest absolute Gasteiger partial charge is 0.392 e. The maximum Gasteiger partial charge on any atom is 0.261 e. The fourth-order valence-corrected chi connectivity index (χ4v) is 7.50. The van der Waals surface area contributed by atoms with Gasteiger partial charge in [-0.2, -0.15) is 0 Å². The van der Waals surface area contributed by atoms with Gasteiger partial charge in [-0.05, 0) is 80.7 Å². The summed E-state index contributed by atoms with van der Waals surface area (Å²) in [6.45, 7) is 5.52. The first-order valence-electron chi connectivity index (χ1n) is 15.1. The zero-order chi connectivity index (χ0) is 28.9. The van der Waals surface area contributed by atoms with Crippen molar-refractivity contribution in [2.45, 2.75) is 68.1 Å². The molecule has 9 heteroatoms. The summed E-state index contributed by atoms with van der Waals surface area (Å²) < 4.78 is 41.4. The van der Waals surface area contributed by atoms with Gasteiger partial charge in [0.25, 0.3) is 10.0 Å². The van der Waals surface area contributed by atoms with Gasteiger partial charge in [0.2, 0.25) is 0 Å². The summed E-state index contributed by atoms with van der Waals surface area (Å²) >= 11 is 0. The van der Waals surface area contributed by atoms with Crippen molar-refractivity contribution in [2.75, 3.05) is 37.4 Å². The molecule has 3 aliphatic rings. The van der Waals surface area contributed by atoms with Crippen LogP contribution in [0.15, 0.2) is 83.8 Å². The Bertz CT molecular complexity index is 1400. The predicted octanol–water partition coefficient (Wildman–Crippen LogP) is 5.09. The number of aliphatic hydroxyl groups is 1. The van der Waals surface area contributed by atoms with E-state index in [1.54, 1.807) is 42.5 Å². The van der Waals surface area contributed by atoms with E-state index in [9.17, 15) is 13.5 Å². The van der Waals surface area contributed by atoms with Crippen molar-refractivity contribution in [1.82, 2.24) is 9.80 Å². The highest BCUT2D eigenvalue weighted by Crippen LogP contribution is 2.39. The third-order valence-corrected chi connectivity index (χ3v) is 10.1.